The minimum absolute atomic E-state index is 0.00371. The molecule has 9 heteroatoms. The van der Waals surface area contributed by atoms with Gasteiger partial charge in [0.25, 0.3) is 5.60 Å². The molecule has 0 bridgehead atoms. The molecule has 1 saturated heterocycles. The van der Waals surface area contributed by atoms with Crippen LogP contribution in [-0.4, -0.2) is 79.5 Å². The number of hydrogen-bond donors (Lipinski definition) is 1. The summed E-state index contributed by atoms with van der Waals surface area (Å²) in [5.74, 6) is -2.28. The lowest BCUT2D eigenvalue weighted by Crippen LogP contribution is -2.63. The predicted molar refractivity (Wildman–Crippen MR) is 111 cm³/mol. The summed E-state index contributed by atoms with van der Waals surface area (Å²) in [5.41, 5.74) is 3.50. The molecule has 0 radical (unpaired) electrons. The molecule has 0 amide bonds. The van der Waals surface area contributed by atoms with Gasteiger partial charge in [-0.25, -0.2) is 9.59 Å². The molecule has 0 aliphatic carbocycles. The number of esters is 3. The van der Waals surface area contributed by atoms with E-state index in [1.807, 2.05) is 0 Å². The van der Waals surface area contributed by atoms with Crippen LogP contribution < -0.4 is 5.73 Å². The maximum absolute atomic E-state index is 12.9. The minimum atomic E-state index is -2.13. The van der Waals surface area contributed by atoms with E-state index in [2.05, 4.69) is 4.90 Å². The lowest BCUT2D eigenvalue weighted by Gasteiger charge is -2.34. The Balaban J connectivity index is 2.98. The van der Waals surface area contributed by atoms with Gasteiger partial charge in [-0.15, -0.1) is 0 Å². The highest BCUT2D eigenvalue weighted by atomic mass is 16.6. The van der Waals surface area contributed by atoms with E-state index in [1.54, 1.807) is 34.6 Å². The summed E-state index contributed by atoms with van der Waals surface area (Å²) >= 11 is 0. The van der Waals surface area contributed by atoms with E-state index in [1.165, 1.54) is 0 Å². The van der Waals surface area contributed by atoms with Gasteiger partial charge in [-0.3, -0.25) is 4.79 Å². The third kappa shape index (κ3) is 7.85. The van der Waals surface area contributed by atoms with Crippen LogP contribution in [0.3, 0.4) is 0 Å². The van der Waals surface area contributed by atoms with Crippen LogP contribution >= 0.6 is 0 Å². The average molecular weight is 431 g/mol. The van der Waals surface area contributed by atoms with Crippen molar-refractivity contribution in [2.24, 2.45) is 5.73 Å². The molecule has 0 saturated carbocycles. The first-order valence-electron chi connectivity index (χ1n) is 10.7. The van der Waals surface area contributed by atoms with Crippen LogP contribution in [0.15, 0.2) is 0 Å². The Morgan fingerprint density at radius 2 is 1.53 bits per heavy atom. The van der Waals surface area contributed by atoms with Crippen molar-refractivity contribution in [1.82, 2.24) is 4.90 Å². The largest absolute Gasteiger partial charge is 0.463 e. The lowest BCUT2D eigenvalue weighted by atomic mass is 9.90. The van der Waals surface area contributed by atoms with Crippen molar-refractivity contribution in [2.45, 2.75) is 77.5 Å². The number of hydrogen-bond acceptors (Lipinski definition) is 9. The molecule has 1 heterocycles. The summed E-state index contributed by atoms with van der Waals surface area (Å²) in [6, 6.07) is -1.14. The molecule has 0 aromatic heterocycles. The van der Waals surface area contributed by atoms with Crippen LogP contribution in [0, 0.1) is 0 Å². The smallest absolute Gasteiger partial charge is 0.352 e. The molecule has 174 valence electrons. The summed E-state index contributed by atoms with van der Waals surface area (Å²) in [7, 11) is 0. The third-order valence-corrected chi connectivity index (χ3v) is 4.69. The summed E-state index contributed by atoms with van der Waals surface area (Å²) in [5, 5.41) is 0. The molecule has 2 N–H and O–H groups in total. The summed E-state index contributed by atoms with van der Waals surface area (Å²) < 4.78 is 21.4. The number of carbonyl (C=O) groups excluding carboxylic acids is 3. The predicted octanol–water partition coefficient (Wildman–Crippen LogP) is 1.41. The van der Waals surface area contributed by atoms with Crippen molar-refractivity contribution in [3.63, 3.8) is 0 Å². The van der Waals surface area contributed by atoms with E-state index in [4.69, 9.17) is 24.7 Å². The summed E-state index contributed by atoms with van der Waals surface area (Å²) in [4.78, 5) is 40.0. The number of rotatable bonds is 12. The fourth-order valence-corrected chi connectivity index (χ4v) is 3.30. The Morgan fingerprint density at radius 1 is 1.00 bits per heavy atom. The van der Waals surface area contributed by atoms with Gasteiger partial charge >= 0.3 is 17.9 Å². The zero-order chi connectivity index (χ0) is 22.8. The van der Waals surface area contributed by atoms with Crippen LogP contribution in [0.4, 0.5) is 0 Å². The normalized spacial score (nSPS) is 16.2. The van der Waals surface area contributed by atoms with Crippen LogP contribution in [-0.2, 0) is 33.3 Å². The average Bonchev–Trinajstić information content (AvgIpc) is 3.15. The van der Waals surface area contributed by atoms with Crippen LogP contribution in [0.5, 0.6) is 0 Å². The standard InChI is InChI=1S/C21H38N2O7/c1-6-27-18(25)21(19(26)28-7-2,29-15-14-23-12-8-9-13-23)16(22)10-11-17(24)30-20(3,4)5/h16H,6-15,22H2,1-5H3. The topological polar surface area (TPSA) is 117 Å². The highest BCUT2D eigenvalue weighted by Crippen LogP contribution is 2.24. The third-order valence-electron chi connectivity index (χ3n) is 4.69. The second kappa shape index (κ2) is 12.2. The van der Waals surface area contributed by atoms with Gasteiger partial charge in [-0.2, -0.15) is 0 Å². The van der Waals surface area contributed by atoms with E-state index in [-0.39, 0.29) is 32.7 Å². The number of nitrogens with zero attached hydrogens (tertiary/aromatic N) is 1. The first-order valence-corrected chi connectivity index (χ1v) is 10.7. The van der Waals surface area contributed by atoms with Gasteiger partial charge in [-0.05, 0) is 67.0 Å². The molecular formula is C21H38N2O7. The van der Waals surface area contributed by atoms with Crippen molar-refractivity contribution in [2.75, 3.05) is 39.5 Å². The maximum atomic E-state index is 12.9. The Kier molecular flexibility index (Phi) is 10.7. The van der Waals surface area contributed by atoms with Gasteiger partial charge in [-0.1, -0.05) is 0 Å². The molecule has 0 spiro atoms. The quantitative estimate of drug-likeness (QED) is 0.278. The van der Waals surface area contributed by atoms with Crippen molar-refractivity contribution in [3.05, 3.63) is 0 Å². The molecular weight excluding hydrogens is 392 g/mol. The van der Waals surface area contributed by atoms with Crippen LogP contribution in [0.2, 0.25) is 0 Å². The van der Waals surface area contributed by atoms with Crippen molar-refractivity contribution >= 4 is 17.9 Å². The van der Waals surface area contributed by atoms with Gasteiger partial charge in [0.05, 0.1) is 25.9 Å². The second-order valence-corrected chi connectivity index (χ2v) is 8.31. The van der Waals surface area contributed by atoms with Gasteiger partial charge in [0.1, 0.15) is 5.60 Å². The van der Waals surface area contributed by atoms with Crippen LogP contribution in [0.1, 0.15) is 60.3 Å². The minimum Gasteiger partial charge on any atom is -0.463 e. The summed E-state index contributed by atoms with van der Waals surface area (Å²) in [6.45, 7) is 11.2. The van der Waals surface area contributed by atoms with E-state index in [0.29, 0.717) is 6.54 Å². The Bertz CT molecular complexity index is 550. The molecule has 1 unspecified atom stereocenters. The van der Waals surface area contributed by atoms with E-state index in [9.17, 15) is 14.4 Å². The highest BCUT2D eigenvalue weighted by molar-refractivity contribution is 6.04. The maximum Gasteiger partial charge on any atom is 0.352 e. The Labute approximate surface area is 179 Å². The molecule has 1 aliphatic rings. The van der Waals surface area contributed by atoms with Gasteiger partial charge < -0.3 is 29.6 Å². The van der Waals surface area contributed by atoms with Crippen molar-refractivity contribution in [1.29, 1.82) is 0 Å². The second-order valence-electron chi connectivity index (χ2n) is 8.31. The summed E-state index contributed by atoms with van der Waals surface area (Å²) in [6.07, 6.45) is 2.14. The molecule has 9 nitrogen and oxygen atoms in total. The molecule has 0 aromatic rings. The van der Waals surface area contributed by atoms with Crippen molar-refractivity contribution < 1.29 is 33.3 Å². The number of likely N-dealkylation sites (tertiary alicyclic amines) is 1. The van der Waals surface area contributed by atoms with Gasteiger partial charge in [0, 0.05) is 13.0 Å². The van der Waals surface area contributed by atoms with Gasteiger partial charge in [0.15, 0.2) is 0 Å². The zero-order valence-corrected chi connectivity index (χ0v) is 19.0. The lowest BCUT2D eigenvalue weighted by molar-refractivity contribution is -0.195. The molecule has 1 fully saturated rings. The first-order chi connectivity index (χ1) is 14.1. The molecule has 1 atom stereocenters. The first kappa shape index (κ1) is 26.3. The van der Waals surface area contributed by atoms with Crippen LogP contribution in [0.25, 0.3) is 0 Å². The molecule has 1 rings (SSSR count). The SMILES string of the molecule is CCOC(=O)C(OCCN1CCCC1)(C(=O)OCC)C(N)CCC(=O)OC(C)(C)C. The number of nitrogens with two attached hydrogens (primary N) is 1. The van der Waals surface area contributed by atoms with E-state index < -0.39 is 35.2 Å². The zero-order valence-electron chi connectivity index (χ0n) is 19.0. The molecule has 30 heavy (non-hydrogen) atoms. The fraction of sp³-hybridized carbons (Fsp3) is 0.857. The number of ether oxygens (including phenoxy) is 4. The Morgan fingerprint density at radius 3 is 2.00 bits per heavy atom. The number of carbonyl (C=O) groups is 3. The van der Waals surface area contributed by atoms with Crippen molar-refractivity contribution in [3.8, 4) is 0 Å². The van der Waals surface area contributed by atoms with E-state index >= 15 is 0 Å². The highest BCUT2D eigenvalue weighted by Gasteiger charge is 2.55. The monoisotopic (exact) mass is 430 g/mol. The molecule has 0 aromatic carbocycles. The van der Waals surface area contributed by atoms with E-state index in [0.717, 1.165) is 25.9 Å². The fourth-order valence-electron chi connectivity index (χ4n) is 3.30. The Hall–Kier alpha value is -1.71. The van der Waals surface area contributed by atoms with Gasteiger partial charge in [0.2, 0.25) is 0 Å². The molecule has 1 aliphatic heterocycles.